The van der Waals surface area contributed by atoms with Crippen LogP contribution in [0.2, 0.25) is 5.02 Å². The van der Waals surface area contributed by atoms with Gasteiger partial charge in [0, 0.05) is 16.8 Å². The SMILES string of the molecule is COc1ccc(OC)c(NS(=O)(=O)c2ccc(NC(=O)Cc3ccc(Cl)cc3)cc2)c1. The van der Waals surface area contributed by atoms with Crippen LogP contribution in [0, 0.1) is 0 Å². The Bertz CT molecular complexity index is 1160. The van der Waals surface area contributed by atoms with E-state index in [1.165, 1.54) is 44.6 Å². The number of amides is 1. The zero-order valence-corrected chi connectivity index (χ0v) is 18.5. The van der Waals surface area contributed by atoms with Crippen molar-refractivity contribution in [2.75, 3.05) is 24.3 Å². The summed E-state index contributed by atoms with van der Waals surface area (Å²) in [6.07, 6.45) is 0.175. The van der Waals surface area contributed by atoms with Crippen molar-refractivity contribution in [2.24, 2.45) is 0 Å². The Morgan fingerprint density at radius 2 is 1.61 bits per heavy atom. The summed E-state index contributed by atoms with van der Waals surface area (Å²) in [6, 6.07) is 17.7. The van der Waals surface area contributed by atoms with E-state index in [1.54, 1.807) is 36.4 Å². The van der Waals surface area contributed by atoms with Crippen molar-refractivity contribution in [3.63, 3.8) is 0 Å². The topological polar surface area (TPSA) is 93.7 Å². The average molecular weight is 461 g/mol. The number of benzene rings is 3. The summed E-state index contributed by atoms with van der Waals surface area (Å²) in [4.78, 5) is 12.3. The lowest BCUT2D eigenvalue weighted by Gasteiger charge is -2.13. The Morgan fingerprint density at radius 1 is 0.935 bits per heavy atom. The fourth-order valence-corrected chi connectivity index (χ4v) is 4.00. The van der Waals surface area contributed by atoms with E-state index < -0.39 is 10.0 Å². The van der Waals surface area contributed by atoms with Crippen LogP contribution in [0.5, 0.6) is 11.5 Å². The van der Waals surface area contributed by atoms with Crippen LogP contribution in [0.25, 0.3) is 0 Å². The van der Waals surface area contributed by atoms with Gasteiger partial charge in [-0.05, 0) is 54.1 Å². The lowest BCUT2D eigenvalue weighted by Crippen LogP contribution is -2.15. The largest absolute Gasteiger partial charge is 0.497 e. The van der Waals surface area contributed by atoms with Gasteiger partial charge in [0.2, 0.25) is 5.91 Å². The molecule has 0 aliphatic heterocycles. The molecule has 0 saturated carbocycles. The van der Waals surface area contributed by atoms with Crippen molar-refractivity contribution in [1.82, 2.24) is 0 Å². The average Bonchev–Trinajstić information content (AvgIpc) is 2.75. The van der Waals surface area contributed by atoms with Gasteiger partial charge in [0.15, 0.2) is 0 Å². The van der Waals surface area contributed by atoms with E-state index in [0.717, 1.165) is 5.56 Å². The molecule has 0 aliphatic rings. The number of nitrogens with one attached hydrogen (secondary N) is 2. The van der Waals surface area contributed by atoms with Crippen LogP contribution in [0.15, 0.2) is 71.6 Å². The molecule has 7 nitrogen and oxygen atoms in total. The Hall–Kier alpha value is -3.23. The standard InChI is InChI=1S/C22H21ClN2O5S/c1-29-18-9-12-21(30-2)20(14-18)25-31(27,28)19-10-7-17(8-11-19)24-22(26)13-15-3-5-16(23)6-4-15/h3-12,14,25H,13H2,1-2H3,(H,24,26). The summed E-state index contributed by atoms with van der Waals surface area (Å²) in [5.74, 6) is 0.616. The minimum absolute atomic E-state index is 0.0353. The zero-order valence-electron chi connectivity index (χ0n) is 16.9. The highest BCUT2D eigenvalue weighted by Gasteiger charge is 2.17. The van der Waals surface area contributed by atoms with Crippen molar-refractivity contribution in [1.29, 1.82) is 0 Å². The molecule has 3 rings (SSSR count). The normalized spacial score (nSPS) is 10.9. The van der Waals surface area contributed by atoms with Gasteiger partial charge in [-0.15, -0.1) is 0 Å². The molecule has 0 spiro atoms. The summed E-state index contributed by atoms with van der Waals surface area (Å²) in [7, 11) is -0.948. The third-order valence-electron chi connectivity index (χ3n) is 4.38. The third kappa shape index (κ3) is 5.90. The van der Waals surface area contributed by atoms with Crippen LogP contribution >= 0.6 is 11.6 Å². The Kier molecular flexibility index (Phi) is 7.04. The van der Waals surface area contributed by atoms with E-state index in [-0.39, 0.29) is 22.9 Å². The van der Waals surface area contributed by atoms with E-state index in [1.807, 2.05) is 0 Å². The summed E-state index contributed by atoms with van der Waals surface area (Å²) in [5.41, 5.74) is 1.55. The molecule has 0 heterocycles. The van der Waals surface area contributed by atoms with Crippen LogP contribution in [-0.2, 0) is 21.2 Å². The Balaban J connectivity index is 1.70. The molecule has 162 valence electrons. The molecule has 0 aliphatic carbocycles. The second-order valence-corrected chi connectivity index (χ2v) is 8.67. The number of carbonyl (C=O) groups is 1. The summed E-state index contributed by atoms with van der Waals surface area (Å²) < 4.78 is 38.4. The summed E-state index contributed by atoms with van der Waals surface area (Å²) in [5, 5.41) is 3.34. The quantitative estimate of drug-likeness (QED) is 0.521. The number of methoxy groups -OCH3 is 2. The molecule has 3 aromatic carbocycles. The number of anilines is 2. The smallest absolute Gasteiger partial charge is 0.262 e. The van der Waals surface area contributed by atoms with Gasteiger partial charge in [-0.2, -0.15) is 0 Å². The number of ether oxygens (including phenoxy) is 2. The molecule has 9 heteroatoms. The number of hydrogen-bond donors (Lipinski definition) is 2. The van der Waals surface area contributed by atoms with Crippen molar-refractivity contribution < 1.29 is 22.7 Å². The number of rotatable bonds is 8. The summed E-state index contributed by atoms with van der Waals surface area (Å²) in [6.45, 7) is 0. The molecule has 2 N–H and O–H groups in total. The maximum Gasteiger partial charge on any atom is 0.262 e. The minimum atomic E-state index is -3.88. The fourth-order valence-electron chi connectivity index (χ4n) is 2.81. The van der Waals surface area contributed by atoms with Gasteiger partial charge in [0.25, 0.3) is 10.0 Å². The van der Waals surface area contributed by atoms with Crippen molar-refractivity contribution >= 4 is 38.9 Å². The predicted octanol–water partition coefficient (Wildman–Crippen LogP) is 4.34. The van der Waals surface area contributed by atoms with Gasteiger partial charge in [0.1, 0.15) is 11.5 Å². The van der Waals surface area contributed by atoms with Gasteiger partial charge in [0.05, 0.1) is 31.2 Å². The highest BCUT2D eigenvalue weighted by molar-refractivity contribution is 7.92. The molecule has 0 aromatic heterocycles. The van der Waals surface area contributed by atoms with E-state index in [0.29, 0.717) is 22.2 Å². The molecule has 1 amide bonds. The highest BCUT2D eigenvalue weighted by Crippen LogP contribution is 2.31. The molecular weight excluding hydrogens is 440 g/mol. The predicted molar refractivity (Wildman–Crippen MR) is 121 cm³/mol. The van der Waals surface area contributed by atoms with Crippen molar-refractivity contribution in [2.45, 2.75) is 11.3 Å². The minimum Gasteiger partial charge on any atom is -0.497 e. The van der Waals surface area contributed by atoms with Gasteiger partial charge in [-0.3, -0.25) is 9.52 Å². The molecule has 0 atom stereocenters. The third-order valence-corrected chi connectivity index (χ3v) is 6.01. The molecular formula is C22H21ClN2O5S. The second kappa shape index (κ2) is 9.72. The monoisotopic (exact) mass is 460 g/mol. The fraction of sp³-hybridized carbons (Fsp3) is 0.136. The molecule has 0 fully saturated rings. The van der Waals surface area contributed by atoms with Gasteiger partial charge < -0.3 is 14.8 Å². The molecule has 3 aromatic rings. The van der Waals surface area contributed by atoms with Crippen LogP contribution < -0.4 is 19.5 Å². The van der Waals surface area contributed by atoms with Crippen molar-refractivity contribution in [3.05, 3.63) is 77.3 Å². The maximum absolute atomic E-state index is 12.8. The van der Waals surface area contributed by atoms with E-state index in [9.17, 15) is 13.2 Å². The zero-order chi connectivity index (χ0) is 22.4. The number of sulfonamides is 1. The van der Waals surface area contributed by atoms with Crippen LogP contribution in [0.1, 0.15) is 5.56 Å². The number of carbonyl (C=O) groups excluding carboxylic acids is 1. The Morgan fingerprint density at radius 3 is 2.23 bits per heavy atom. The molecule has 31 heavy (non-hydrogen) atoms. The lowest BCUT2D eigenvalue weighted by atomic mass is 10.1. The number of hydrogen-bond acceptors (Lipinski definition) is 5. The first-order valence-electron chi connectivity index (χ1n) is 9.20. The van der Waals surface area contributed by atoms with Crippen LogP contribution in [0.3, 0.4) is 0 Å². The number of halogens is 1. The Labute approximate surface area is 186 Å². The van der Waals surface area contributed by atoms with Gasteiger partial charge in [-0.1, -0.05) is 23.7 Å². The first-order chi connectivity index (χ1) is 14.8. The highest BCUT2D eigenvalue weighted by atomic mass is 35.5. The second-order valence-electron chi connectivity index (χ2n) is 6.55. The van der Waals surface area contributed by atoms with Crippen molar-refractivity contribution in [3.8, 4) is 11.5 Å². The lowest BCUT2D eigenvalue weighted by molar-refractivity contribution is -0.115. The van der Waals surface area contributed by atoms with E-state index in [4.69, 9.17) is 21.1 Å². The molecule has 0 unspecified atom stereocenters. The van der Waals surface area contributed by atoms with E-state index in [2.05, 4.69) is 10.0 Å². The molecule has 0 radical (unpaired) electrons. The maximum atomic E-state index is 12.8. The van der Waals surface area contributed by atoms with Gasteiger partial charge >= 0.3 is 0 Å². The first kappa shape index (κ1) is 22.5. The molecule has 0 saturated heterocycles. The van der Waals surface area contributed by atoms with Crippen LogP contribution in [-0.4, -0.2) is 28.5 Å². The van der Waals surface area contributed by atoms with Crippen LogP contribution in [0.4, 0.5) is 11.4 Å². The molecule has 0 bridgehead atoms. The summed E-state index contributed by atoms with van der Waals surface area (Å²) >= 11 is 5.84. The van der Waals surface area contributed by atoms with E-state index >= 15 is 0 Å². The van der Waals surface area contributed by atoms with Gasteiger partial charge in [-0.25, -0.2) is 8.42 Å². The first-order valence-corrected chi connectivity index (χ1v) is 11.1.